The normalized spacial score (nSPS) is 24.1. The fourth-order valence-corrected chi connectivity index (χ4v) is 4.33. The van der Waals surface area contributed by atoms with Crippen LogP contribution in [-0.2, 0) is 11.0 Å². The summed E-state index contributed by atoms with van der Waals surface area (Å²) in [7, 11) is 0. The lowest BCUT2D eigenvalue weighted by Crippen LogP contribution is -2.46. The van der Waals surface area contributed by atoms with Gasteiger partial charge in [0.25, 0.3) is 5.82 Å². The van der Waals surface area contributed by atoms with E-state index in [4.69, 9.17) is 0 Å². The van der Waals surface area contributed by atoms with E-state index in [0.717, 1.165) is 23.8 Å². The summed E-state index contributed by atoms with van der Waals surface area (Å²) < 4.78 is 39.9. The lowest BCUT2D eigenvalue weighted by Gasteiger charge is -2.34. The third-order valence-corrected chi connectivity index (χ3v) is 6.13. The van der Waals surface area contributed by atoms with E-state index in [1.165, 1.54) is 12.5 Å². The van der Waals surface area contributed by atoms with Crippen molar-refractivity contribution >= 4 is 17.4 Å². The zero-order chi connectivity index (χ0) is 20.6. The summed E-state index contributed by atoms with van der Waals surface area (Å²) in [6.45, 7) is 3.33. The second-order valence-corrected chi connectivity index (χ2v) is 8.12. The minimum atomic E-state index is -4.62. The Morgan fingerprint density at radius 3 is 2.52 bits per heavy atom. The van der Waals surface area contributed by atoms with Crippen LogP contribution in [0.4, 0.5) is 19.0 Å². The lowest BCUT2D eigenvalue weighted by molar-refractivity contribution is -0.146. The molecule has 7 nitrogen and oxygen atoms in total. The molecule has 1 aliphatic heterocycles. The van der Waals surface area contributed by atoms with E-state index in [1.54, 1.807) is 6.07 Å². The standard InChI is InChI=1S/C19H25F3N6O/c1-12-4-2-3-5-14(12)23-17(29)13-8-10-27(11-9-13)16-7-6-15-24-25-18(19(20,21)22)28(15)26-16/h6-7,12-14H,2-5,8-11H2,1H3,(H,23,29). The number of carbonyl (C=O) groups is 1. The zero-order valence-electron chi connectivity index (χ0n) is 16.3. The van der Waals surface area contributed by atoms with Crippen molar-refractivity contribution in [3.8, 4) is 0 Å². The first-order chi connectivity index (χ1) is 13.8. The molecule has 10 heteroatoms. The number of aromatic nitrogens is 4. The van der Waals surface area contributed by atoms with Crippen LogP contribution in [0.15, 0.2) is 12.1 Å². The van der Waals surface area contributed by atoms with Crippen molar-refractivity contribution in [2.45, 2.75) is 57.7 Å². The molecule has 2 aliphatic rings. The van der Waals surface area contributed by atoms with Gasteiger partial charge in [-0.3, -0.25) is 4.79 Å². The summed E-state index contributed by atoms with van der Waals surface area (Å²) in [6.07, 6.45) is 1.27. The number of nitrogens with one attached hydrogen (secondary N) is 1. The molecule has 1 aliphatic carbocycles. The van der Waals surface area contributed by atoms with Gasteiger partial charge >= 0.3 is 6.18 Å². The van der Waals surface area contributed by atoms with Crippen molar-refractivity contribution in [2.24, 2.45) is 11.8 Å². The molecule has 0 spiro atoms. The Labute approximate surface area is 166 Å². The number of amides is 1. The molecule has 1 saturated carbocycles. The molecule has 2 aromatic rings. The SMILES string of the molecule is CC1CCCCC1NC(=O)C1CCN(c2ccc3nnc(C(F)(F)F)n3n2)CC1. The van der Waals surface area contributed by atoms with E-state index in [0.29, 0.717) is 37.7 Å². The molecule has 29 heavy (non-hydrogen) atoms. The molecule has 2 atom stereocenters. The summed E-state index contributed by atoms with van der Waals surface area (Å²) in [6, 6.07) is 3.38. The summed E-state index contributed by atoms with van der Waals surface area (Å²) >= 11 is 0. The van der Waals surface area contributed by atoms with Crippen LogP contribution in [0, 0.1) is 11.8 Å². The van der Waals surface area contributed by atoms with Gasteiger partial charge in [0.05, 0.1) is 0 Å². The molecule has 2 fully saturated rings. The van der Waals surface area contributed by atoms with Gasteiger partial charge in [-0.25, -0.2) is 0 Å². The Morgan fingerprint density at radius 2 is 1.83 bits per heavy atom. The Hall–Kier alpha value is -2.39. The van der Waals surface area contributed by atoms with Gasteiger partial charge in [-0.2, -0.15) is 17.7 Å². The summed E-state index contributed by atoms with van der Waals surface area (Å²) in [5.74, 6) is -0.155. The molecule has 1 saturated heterocycles. The highest BCUT2D eigenvalue weighted by molar-refractivity contribution is 5.79. The topological polar surface area (TPSA) is 75.4 Å². The number of halogens is 3. The first-order valence-corrected chi connectivity index (χ1v) is 10.2. The summed E-state index contributed by atoms with van der Waals surface area (Å²) in [5, 5.41) is 14.0. The number of hydrogen-bond donors (Lipinski definition) is 1. The predicted octanol–water partition coefficient (Wildman–Crippen LogP) is 3.05. The maximum absolute atomic E-state index is 13.1. The number of piperidine rings is 1. The van der Waals surface area contributed by atoms with Crippen molar-refractivity contribution in [3.05, 3.63) is 18.0 Å². The molecule has 158 valence electrons. The molecule has 0 aromatic carbocycles. The van der Waals surface area contributed by atoms with Crippen LogP contribution >= 0.6 is 0 Å². The maximum Gasteiger partial charge on any atom is 0.453 e. The second-order valence-electron chi connectivity index (χ2n) is 8.12. The number of carbonyl (C=O) groups excluding carboxylic acids is 1. The highest BCUT2D eigenvalue weighted by Crippen LogP contribution is 2.29. The molecule has 0 bridgehead atoms. The molecular formula is C19H25F3N6O. The van der Waals surface area contributed by atoms with Crippen LogP contribution in [0.3, 0.4) is 0 Å². The average Bonchev–Trinajstić information content (AvgIpc) is 3.13. The molecule has 2 unspecified atom stereocenters. The number of hydrogen-bond acceptors (Lipinski definition) is 5. The van der Waals surface area contributed by atoms with E-state index in [2.05, 4.69) is 27.5 Å². The number of fused-ring (bicyclic) bond motifs is 1. The van der Waals surface area contributed by atoms with E-state index in [9.17, 15) is 18.0 Å². The van der Waals surface area contributed by atoms with Crippen LogP contribution in [-0.4, -0.2) is 44.8 Å². The van der Waals surface area contributed by atoms with Crippen molar-refractivity contribution in [1.82, 2.24) is 25.1 Å². The van der Waals surface area contributed by atoms with E-state index >= 15 is 0 Å². The molecule has 1 N–H and O–H groups in total. The molecular weight excluding hydrogens is 385 g/mol. The Bertz CT molecular complexity index is 874. The first kappa shape index (κ1) is 19.9. The van der Waals surface area contributed by atoms with Gasteiger partial charge in [0.15, 0.2) is 5.65 Å². The van der Waals surface area contributed by atoms with Gasteiger partial charge in [-0.1, -0.05) is 19.8 Å². The average molecular weight is 410 g/mol. The highest BCUT2D eigenvalue weighted by Gasteiger charge is 2.38. The molecule has 4 rings (SSSR count). The van der Waals surface area contributed by atoms with Gasteiger partial charge < -0.3 is 10.2 Å². The largest absolute Gasteiger partial charge is 0.453 e. The molecule has 2 aromatic heterocycles. The third-order valence-electron chi connectivity index (χ3n) is 6.13. The van der Waals surface area contributed by atoms with Crippen LogP contribution < -0.4 is 10.2 Å². The quantitative estimate of drug-likeness (QED) is 0.842. The van der Waals surface area contributed by atoms with E-state index in [-0.39, 0.29) is 23.5 Å². The Balaban J connectivity index is 1.40. The lowest BCUT2D eigenvalue weighted by atomic mass is 9.85. The van der Waals surface area contributed by atoms with Gasteiger partial charge in [-0.05, 0) is 43.7 Å². The van der Waals surface area contributed by atoms with Crippen LogP contribution in [0.25, 0.3) is 5.65 Å². The van der Waals surface area contributed by atoms with Crippen LogP contribution in [0.5, 0.6) is 0 Å². The Kier molecular flexibility index (Phi) is 5.35. The zero-order valence-corrected chi connectivity index (χ0v) is 16.3. The maximum atomic E-state index is 13.1. The molecule has 1 amide bonds. The summed E-state index contributed by atoms with van der Waals surface area (Å²) in [5.41, 5.74) is 0.0527. The number of nitrogens with zero attached hydrogens (tertiary/aromatic N) is 5. The fourth-order valence-electron chi connectivity index (χ4n) is 4.33. The fraction of sp³-hybridized carbons (Fsp3) is 0.684. The van der Waals surface area contributed by atoms with Gasteiger partial charge in [-0.15, -0.1) is 15.3 Å². The third kappa shape index (κ3) is 4.16. The van der Waals surface area contributed by atoms with E-state index < -0.39 is 12.0 Å². The minimum absolute atomic E-state index is 0.0527. The van der Waals surface area contributed by atoms with Crippen molar-refractivity contribution in [3.63, 3.8) is 0 Å². The van der Waals surface area contributed by atoms with Crippen LogP contribution in [0.1, 0.15) is 51.3 Å². The molecule has 0 radical (unpaired) electrons. The van der Waals surface area contributed by atoms with Crippen molar-refractivity contribution < 1.29 is 18.0 Å². The minimum Gasteiger partial charge on any atom is -0.355 e. The first-order valence-electron chi connectivity index (χ1n) is 10.2. The van der Waals surface area contributed by atoms with Crippen molar-refractivity contribution in [2.75, 3.05) is 18.0 Å². The smallest absolute Gasteiger partial charge is 0.355 e. The number of alkyl halides is 3. The highest BCUT2D eigenvalue weighted by atomic mass is 19.4. The number of rotatable bonds is 3. The Morgan fingerprint density at radius 1 is 1.10 bits per heavy atom. The van der Waals surface area contributed by atoms with Gasteiger partial charge in [0.2, 0.25) is 5.91 Å². The molecule has 3 heterocycles. The van der Waals surface area contributed by atoms with E-state index in [1.807, 2.05) is 4.90 Å². The number of anilines is 1. The summed E-state index contributed by atoms with van der Waals surface area (Å²) in [4.78, 5) is 14.6. The second kappa shape index (κ2) is 7.79. The van der Waals surface area contributed by atoms with Crippen LogP contribution in [0.2, 0.25) is 0 Å². The predicted molar refractivity (Wildman–Crippen MR) is 100 cm³/mol. The monoisotopic (exact) mass is 410 g/mol. The van der Waals surface area contributed by atoms with Crippen molar-refractivity contribution in [1.29, 1.82) is 0 Å². The van der Waals surface area contributed by atoms with Gasteiger partial charge in [0, 0.05) is 25.0 Å². The van der Waals surface area contributed by atoms with Gasteiger partial charge in [0.1, 0.15) is 5.82 Å².